The number of hydrogen-bond donors (Lipinski definition) is 1. The number of anilines is 1. The number of unbranched alkanes of at least 4 members (excludes halogenated alkanes) is 1. The molecule has 3 nitrogen and oxygen atoms in total. The van der Waals surface area contributed by atoms with Crippen molar-refractivity contribution in [2.75, 3.05) is 5.32 Å². The maximum atomic E-state index is 12.9. The molecule has 0 atom stereocenters. The van der Waals surface area contributed by atoms with Crippen molar-refractivity contribution in [3.63, 3.8) is 0 Å². The molecule has 0 aliphatic rings. The fourth-order valence-electron chi connectivity index (χ4n) is 3.07. The van der Waals surface area contributed by atoms with E-state index in [-0.39, 0.29) is 5.91 Å². The monoisotopic (exact) mass is 340 g/mol. The van der Waals surface area contributed by atoms with Gasteiger partial charge in [0.15, 0.2) is 0 Å². The van der Waals surface area contributed by atoms with Crippen LogP contribution in [0.4, 0.5) is 5.69 Å². The van der Waals surface area contributed by atoms with Gasteiger partial charge >= 0.3 is 0 Å². The number of carbonyl (C=O) groups excluding carboxylic acids is 1. The third-order valence-corrected chi connectivity index (χ3v) is 4.49. The van der Waals surface area contributed by atoms with E-state index in [2.05, 4.69) is 28.9 Å². The maximum absolute atomic E-state index is 12.9. The lowest BCUT2D eigenvalue weighted by molar-refractivity contribution is 0.101. The van der Waals surface area contributed by atoms with Crippen LogP contribution in [0.1, 0.15) is 35.8 Å². The lowest BCUT2D eigenvalue weighted by Crippen LogP contribution is -2.18. The number of benzene rings is 2. The molecule has 2 aromatic carbocycles. The number of halogens is 1. The summed E-state index contributed by atoms with van der Waals surface area (Å²) < 4.78 is 2.13. The van der Waals surface area contributed by atoms with Crippen molar-refractivity contribution in [3.8, 4) is 0 Å². The first-order valence-corrected chi connectivity index (χ1v) is 8.64. The first kappa shape index (κ1) is 16.6. The second kappa shape index (κ2) is 7.10. The van der Waals surface area contributed by atoms with Gasteiger partial charge in [-0.3, -0.25) is 4.79 Å². The van der Waals surface area contributed by atoms with Gasteiger partial charge in [-0.15, -0.1) is 0 Å². The topological polar surface area (TPSA) is 34.0 Å². The highest BCUT2D eigenvalue weighted by Gasteiger charge is 2.19. The van der Waals surface area contributed by atoms with E-state index < -0.39 is 0 Å². The summed E-state index contributed by atoms with van der Waals surface area (Å²) >= 11 is 6.01. The van der Waals surface area contributed by atoms with Crippen LogP contribution >= 0.6 is 11.6 Å². The van der Waals surface area contributed by atoms with Crippen molar-refractivity contribution >= 4 is 34.1 Å². The predicted octanol–water partition coefficient (Wildman–Crippen LogP) is 5.66. The Balaban J connectivity index is 2.03. The molecular weight excluding hydrogens is 320 g/mol. The Morgan fingerprint density at radius 1 is 1.17 bits per heavy atom. The van der Waals surface area contributed by atoms with Crippen LogP contribution in [0.5, 0.6) is 0 Å². The summed E-state index contributed by atoms with van der Waals surface area (Å²) in [6.07, 6.45) is 2.12. The normalized spacial score (nSPS) is 11.0. The number of rotatable bonds is 5. The van der Waals surface area contributed by atoms with Crippen LogP contribution in [0.25, 0.3) is 10.9 Å². The standard InChI is InChI=1S/C20H21ClN2O/c1-3-4-12-23-18-11-6-5-10-17(18)14(2)19(23)20(24)22-16-9-7-8-15(21)13-16/h5-11,13H,3-4,12H2,1-2H3,(H,22,24). The quantitative estimate of drug-likeness (QED) is 0.639. The van der Waals surface area contributed by atoms with Gasteiger partial charge in [-0.1, -0.05) is 49.2 Å². The molecule has 0 aliphatic heterocycles. The number of aromatic nitrogens is 1. The summed E-state index contributed by atoms with van der Waals surface area (Å²) in [5, 5.41) is 4.71. The molecule has 4 heteroatoms. The Morgan fingerprint density at radius 3 is 2.71 bits per heavy atom. The van der Waals surface area contributed by atoms with E-state index in [1.807, 2.05) is 31.2 Å². The van der Waals surface area contributed by atoms with Gasteiger partial charge < -0.3 is 9.88 Å². The van der Waals surface area contributed by atoms with Crippen LogP contribution in [0.3, 0.4) is 0 Å². The molecule has 0 fully saturated rings. The Kier molecular flexibility index (Phi) is 4.91. The molecule has 0 aliphatic carbocycles. The molecule has 3 aromatic rings. The van der Waals surface area contributed by atoms with Crippen LogP contribution < -0.4 is 5.32 Å². The Labute approximate surface area is 147 Å². The van der Waals surface area contributed by atoms with Crippen molar-refractivity contribution in [3.05, 3.63) is 64.8 Å². The number of fused-ring (bicyclic) bond motifs is 1. The Bertz CT molecular complexity index is 882. The van der Waals surface area contributed by atoms with Gasteiger partial charge in [-0.25, -0.2) is 0 Å². The zero-order valence-corrected chi connectivity index (χ0v) is 14.7. The number of para-hydroxylation sites is 1. The highest BCUT2D eigenvalue weighted by atomic mass is 35.5. The summed E-state index contributed by atoms with van der Waals surface area (Å²) in [6.45, 7) is 5.01. The van der Waals surface area contributed by atoms with Gasteiger partial charge in [0.25, 0.3) is 5.91 Å². The van der Waals surface area contributed by atoms with E-state index >= 15 is 0 Å². The van der Waals surface area contributed by atoms with Crippen LogP contribution in [-0.4, -0.2) is 10.5 Å². The third kappa shape index (κ3) is 3.17. The summed E-state index contributed by atoms with van der Waals surface area (Å²) in [5.74, 6) is -0.0953. The van der Waals surface area contributed by atoms with Crippen molar-refractivity contribution < 1.29 is 4.79 Å². The lowest BCUT2D eigenvalue weighted by atomic mass is 10.1. The van der Waals surface area contributed by atoms with E-state index in [1.54, 1.807) is 12.1 Å². The molecule has 0 saturated heterocycles. The molecule has 1 N–H and O–H groups in total. The molecule has 0 saturated carbocycles. The zero-order chi connectivity index (χ0) is 17.1. The SMILES string of the molecule is CCCCn1c(C(=O)Nc2cccc(Cl)c2)c(C)c2ccccc21. The minimum absolute atomic E-state index is 0.0953. The molecule has 0 unspecified atom stereocenters. The number of aryl methyl sites for hydroxylation is 2. The highest BCUT2D eigenvalue weighted by Crippen LogP contribution is 2.27. The summed E-state index contributed by atoms with van der Waals surface area (Å²) in [7, 11) is 0. The second-order valence-electron chi connectivity index (χ2n) is 5.96. The average molecular weight is 341 g/mol. The van der Waals surface area contributed by atoms with Crippen molar-refractivity contribution in [1.82, 2.24) is 4.57 Å². The van der Waals surface area contributed by atoms with Crippen molar-refractivity contribution in [1.29, 1.82) is 0 Å². The first-order valence-electron chi connectivity index (χ1n) is 8.26. The molecule has 124 valence electrons. The molecule has 1 heterocycles. The molecule has 3 rings (SSSR count). The average Bonchev–Trinajstić information content (AvgIpc) is 2.85. The zero-order valence-electron chi connectivity index (χ0n) is 14.0. The molecular formula is C20H21ClN2O. The minimum atomic E-state index is -0.0953. The van der Waals surface area contributed by atoms with Crippen LogP contribution in [-0.2, 0) is 6.54 Å². The largest absolute Gasteiger partial charge is 0.336 e. The number of nitrogens with zero attached hydrogens (tertiary/aromatic N) is 1. The number of nitrogens with one attached hydrogen (secondary N) is 1. The van der Waals surface area contributed by atoms with Gasteiger partial charge in [-0.05, 0) is 43.2 Å². The van der Waals surface area contributed by atoms with Gasteiger partial charge in [-0.2, -0.15) is 0 Å². The molecule has 1 amide bonds. The smallest absolute Gasteiger partial charge is 0.272 e. The maximum Gasteiger partial charge on any atom is 0.272 e. The van der Waals surface area contributed by atoms with Gasteiger partial charge in [0.1, 0.15) is 5.69 Å². The van der Waals surface area contributed by atoms with Crippen LogP contribution in [0, 0.1) is 6.92 Å². The molecule has 0 spiro atoms. The van der Waals surface area contributed by atoms with Crippen molar-refractivity contribution in [2.24, 2.45) is 0 Å². The number of carbonyl (C=O) groups is 1. The van der Waals surface area contributed by atoms with Gasteiger partial charge in [0.05, 0.1) is 0 Å². The predicted molar refractivity (Wildman–Crippen MR) is 101 cm³/mol. The molecule has 0 radical (unpaired) electrons. The third-order valence-electron chi connectivity index (χ3n) is 4.26. The summed E-state index contributed by atoms with van der Waals surface area (Å²) in [5.41, 5.74) is 3.56. The van der Waals surface area contributed by atoms with E-state index in [0.717, 1.165) is 41.5 Å². The fourth-order valence-corrected chi connectivity index (χ4v) is 3.26. The van der Waals surface area contributed by atoms with Crippen LogP contribution in [0.2, 0.25) is 5.02 Å². The lowest BCUT2D eigenvalue weighted by Gasteiger charge is -2.12. The fraction of sp³-hybridized carbons (Fsp3) is 0.250. The first-order chi connectivity index (χ1) is 11.6. The molecule has 24 heavy (non-hydrogen) atoms. The van der Waals surface area contributed by atoms with Gasteiger partial charge in [0.2, 0.25) is 0 Å². The summed E-state index contributed by atoms with van der Waals surface area (Å²) in [6, 6.07) is 15.4. The number of hydrogen-bond acceptors (Lipinski definition) is 1. The Morgan fingerprint density at radius 2 is 1.96 bits per heavy atom. The molecule has 0 bridgehead atoms. The van der Waals surface area contributed by atoms with E-state index in [1.165, 1.54) is 0 Å². The summed E-state index contributed by atoms with van der Waals surface area (Å²) in [4.78, 5) is 12.9. The van der Waals surface area contributed by atoms with E-state index in [0.29, 0.717) is 10.7 Å². The van der Waals surface area contributed by atoms with Crippen molar-refractivity contribution in [2.45, 2.75) is 33.2 Å². The number of amides is 1. The Hall–Kier alpha value is -2.26. The minimum Gasteiger partial charge on any atom is -0.336 e. The van der Waals surface area contributed by atoms with E-state index in [4.69, 9.17) is 11.6 Å². The van der Waals surface area contributed by atoms with E-state index in [9.17, 15) is 4.79 Å². The second-order valence-corrected chi connectivity index (χ2v) is 6.40. The van der Waals surface area contributed by atoms with Gasteiger partial charge in [0, 0.05) is 28.2 Å². The molecule has 1 aromatic heterocycles. The highest BCUT2D eigenvalue weighted by molar-refractivity contribution is 6.31. The van der Waals surface area contributed by atoms with Crippen LogP contribution in [0.15, 0.2) is 48.5 Å².